The maximum Gasteiger partial charge on any atom is 0.263 e. The maximum atomic E-state index is 13.5. The van der Waals surface area contributed by atoms with Crippen molar-refractivity contribution < 1.29 is 23.2 Å². The molecule has 0 saturated carbocycles. The van der Waals surface area contributed by atoms with E-state index in [-0.39, 0.29) is 12.2 Å². The number of halogens is 3. The van der Waals surface area contributed by atoms with Gasteiger partial charge in [0, 0.05) is 16.8 Å². The Morgan fingerprint density at radius 1 is 1.10 bits per heavy atom. The van der Waals surface area contributed by atoms with Gasteiger partial charge in [0.1, 0.15) is 6.54 Å². The molecule has 2 aromatic rings. The minimum atomic E-state index is -1.19. The number of benzene rings is 2. The van der Waals surface area contributed by atoms with Gasteiger partial charge in [0.05, 0.1) is 5.69 Å². The van der Waals surface area contributed by atoms with Crippen LogP contribution in [0.5, 0.6) is 0 Å². The molecule has 29 heavy (non-hydrogen) atoms. The summed E-state index contributed by atoms with van der Waals surface area (Å²) in [6, 6.07) is 6.86. The summed E-state index contributed by atoms with van der Waals surface area (Å²) in [7, 11) is 0. The van der Waals surface area contributed by atoms with Gasteiger partial charge in [-0.2, -0.15) is 5.11 Å². The molecule has 0 aliphatic carbocycles. The van der Waals surface area contributed by atoms with Crippen LogP contribution in [-0.4, -0.2) is 41.4 Å². The molecular formula is C18H12ClF2N5O3. The van der Waals surface area contributed by atoms with Gasteiger partial charge in [0.25, 0.3) is 11.8 Å². The van der Waals surface area contributed by atoms with Crippen molar-refractivity contribution in [3.05, 3.63) is 59.1 Å². The standard InChI is InChI=1S/C18H12ClF2N5O3/c19-9-2-1-3-10(6-9)22-14(27)8-25-16-15(23-24-25)17(28)26(18(16)29)11-4-5-12(20)13(21)7-11/h1-7,15-16H,8H2,(H,22,27)/t15-,16+/m1/s1. The van der Waals surface area contributed by atoms with E-state index in [9.17, 15) is 23.2 Å². The molecule has 11 heteroatoms. The number of carbonyl (C=O) groups excluding carboxylic acids is 3. The van der Waals surface area contributed by atoms with E-state index in [0.717, 1.165) is 28.1 Å². The Hall–Kier alpha value is -3.40. The van der Waals surface area contributed by atoms with Crippen LogP contribution in [0.4, 0.5) is 20.2 Å². The fourth-order valence-electron chi connectivity index (χ4n) is 3.15. The van der Waals surface area contributed by atoms with Crippen LogP contribution in [-0.2, 0) is 14.4 Å². The van der Waals surface area contributed by atoms with Crippen molar-refractivity contribution in [2.45, 2.75) is 12.1 Å². The van der Waals surface area contributed by atoms with Crippen LogP contribution in [0.3, 0.4) is 0 Å². The zero-order valence-corrected chi connectivity index (χ0v) is 15.3. The van der Waals surface area contributed by atoms with E-state index in [4.69, 9.17) is 11.6 Å². The Balaban J connectivity index is 1.50. The molecule has 1 fully saturated rings. The molecule has 1 N–H and O–H groups in total. The fourth-order valence-corrected chi connectivity index (χ4v) is 3.34. The first-order valence-electron chi connectivity index (χ1n) is 8.41. The van der Waals surface area contributed by atoms with Gasteiger partial charge in [0.15, 0.2) is 23.7 Å². The second-order valence-electron chi connectivity index (χ2n) is 6.36. The van der Waals surface area contributed by atoms with Crippen LogP contribution < -0.4 is 10.2 Å². The number of amides is 3. The molecule has 1 saturated heterocycles. The first kappa shape index (κ1) is 18.9. The van der Waals surface area contributed by atoms with Crippen LogP contribution >= 0.6 is 11.6 Å². The number of hydrogen-bond donors (Lipinski definition) is 1. The van der Waals surface area contributed by atoms with Gasteiger partial charge < -0.3 is 5.32 Å². The lowest BCUT2D eigenvalue weighted by Crippen LogP contribution is -2.43. The number of hydrogen-bond acceptors (Lipinski definition) is 6. The lowest BCUT2D eigenvalue weighted by molar-refractivity contribution is -0.123. The van der Waals surface area contributed by atoms with Crippen LogP contribution in [0.2, 0.25) is 5.02 Å². The van der Waals surface area contributed by atoms with Gasteiger partial charge in [-0.3, -0.25) is 19.4 Å². The summed E-state index contributed by atoms with van der Waals surface area (Å²) in [5.41, 5.74) is 0.333. The molecule has 0 aromatic heterocycles. The minimum absolute atomic E-state index is 0.119. The molecule has 2 aliphatic heterocycles. The topological polar surface area (TPSA) is 94.4 Å². The van der Waals surface area contributed by atoms with E-state index in [1.807, 2.05) is 0 Å². The zero-order valence-electron chi connectivity index (χ0n) is 14.6. The van der Waals surface area contributed by atoms with Crippen molar-refractivity contribution >= 4 is 40.7 Å². The molecule has 3 amide bonds. The highest BCUT2D eigenvalue weighted by atomic mass is 35.5. The lowest BCUT2D eigenvalue weighted by Gasteiger charge is -2.20. The number of nitrogens with one attached hydrogen (secondary N) is 1. The molecule has 2 atom stereocenters. The van der Waals surface area contributed by atoms with Gasteiger partial charge in [-0.05, 0) is 30.3 Å². The molecule has 4 rings (SSSR count). The normalized spacial score (nSPS) is 20.4. The Bertz CT molecular complexity index is 1060. The summed E-state index contributed by atoms with van der Waals surface area (Å²) in [6.07, 6.45) is 0. The molecule has 0 unspecified atom stereocenters. The number of nitrogens with zero attached hydrogens (tertiary/aromatic N) is 4. The highest BCUT2D eigenvalue weighted by Gasteiger charge is 2.55. The molecule has 148 valence electrons. The molecule has 2 aromatic carbocycles. The average Bonchev–Trinajstić information content (AvgIpc) is 3.18. The number of carbonyl (C=O) groups is 3. The molecule has 2 aliphatic rings. The molecule has 8 nitrogen and oxygen atoms in total. The largest absolute Gasteiger partial charge is 0.324 e. The summed E-state index contributed by atoms with van der Waals surface area (Å²) in [5, 5.41) is 11.6. The Morgan fingerprint density at radius 2 is 1.90 bits per heavy atom. The summed E-state index contributed by atoms with van der Waals surface area (Å²) in [4.78, 5) is 38.3. The summed E-state index contributed by atoms with van der Waals surface area (Å²) in [5.74, 6) is -4.26. The number of anilines is 2. The monoisotopic (exact) mass is 419 g/mol. The first-order valence-corrected chi connectivity index (χ1v) is 8.78. The molecule has 0 spiro atoms. The second-order valence-corrected chi connectivity index (χ2v) is 6.80. The predicted molar refractivity (Wildman–Crippen MR) is 98.1 cm³/mol. The smallest absolute Gasteiger partial charge is 0.263 e. The summed E-state index contributed by atoms with van der Waals surface area (Å²) >= 11 is 5.87. The summed E-state index contributed by atoms with van der Waals surface area (Å²) < 4.78 is 26.7. The third-order valence-corrected chi connectivity index (χ3v) is 4.67. The molecular weight excluding hydrogens is 408 g/mol. The zero-order chi connectivity index (χ0) is 20.7. The first-order chi connectivity index (χ1) is 13.8. The lowest BCUT2D eigenvalue weighted by atomic mass is 10.1. The van der Waals surface area contributed by atoms with Crippen molar-refractivity contribution in [3.8, 4) is 0 Å². The van der Waals surface area contributed by atoms with Crippen molar-refractivity contribution in [1.29, 1.82) is 0 Å². The van der Waals surface area contributed by atoms with Gasteiger partial charge in [-0.15, -0.1) is 0 Å². The summed E-state index contributed by atoms with van der Waals surface area (Å²) in [6.45, 7) is -0.345. The quantitative estimate of drug-likeness (QED) is 0.770. The van der Waals surface area contributed by atoms with E-state index >= 15 is 0 Å². The van der Waals surface area contributed by atoms with E-state index in [1.165, 1.54) is 0 Å². The van der Waals surface area contributed by atoms with Gasteiger partial charge >= 0.3 is 0 Å². The van der Waals surface area contributed by atoms with Crippen molar-refractivity contribution in [2.75, 3.05) is 16.8 Å². The highest BCUT2D eigenvalue weighted by Crippen LogP contribution is 2.32. The van der Waals surface area contributed by atoms with Crippen molar-refractivity contribution in [3.63, 3.8) is 0 Å². The minimum Gasteiger partial charge on any atom is -0.324 e. The van der Waals surface area contributed by atoms with Crippen LogP contribution in [0.1, 0.15) is 0 Å². The number of imide groups is 1. The van der Waals surface area contributed by atoms with E-state index < -0.39 is 41.4 Å². The average molecular weight is 420 g/mol. The molecule has 0 radical (unpaired) electrons. The Morgan fingerprint density at radius 3 is 2.62 bits per heavy atom. The maximum absolute atomic E-state index is 13.5. The highest BCUT2D eigenvalue weighted by molar-refractivity contribution is 6.31. The van der Waals surface area contributed by atoms with Crippen LogP contribution in [0.15, 0.2) is 52.8 Å². The molecule has 0 bridgehead atoms. The van der Waals surface area contributed by atoms with E-state index in [2.05, 4.69) is 15.7 Å². The van der Waals surface area contributed by atoms with Crippen LogP contribution in [0.25, 0.3) is 0 Å². The Kier molecular flexibility index (Phi) is 4.71. The molecule has 2 heterocycles. The third kappa shape index (κ3) is 3.42. The van der Waals surface area contributed by atoms with E-state index in [1.54, 1.807) is 24.3 Å². The van der Waals surface area contributed by atoms with Gasteiger partial charge in [-0.1, -0.05) is 22.9 Å². The van der Waals surface area contributed by atoms with Gasteiger partial charge in [-0.25, -0.2) is 13.7 Å². The van der Waals surface area contributed by atoms with E-state index in [0.29, 0.717) is 10.7 Å². The predicted octanol–water partition coefficient (Wildman–Crippen LogP) is 2.55. The number of rotatable bonds is 4. The van der Waals surface area contributed by atoms with Gasteiger partial charge in [0.2, 0.25) is 5.91 Å². The number of fused-ring (bicyclic) bond motifs is 1. The van der Waals surface area contributed by atoms with Crippen molar-refractivity contribution in [2.24, 2.45) is 10.3 Å². The SMILES string of the molecule is O=C(CN1N=N[C@H]2C(=O)N(c3ccc(F)c(F)c3)C(=O)[C@H]21)Nc1cccc(Cl)c1. The second kappa shape index (κ2) is 7.21. The third-order valence-electron chi connectivity index (χ3n) is 4.43. The fraction of sp³-hybridized carbons (Fsp3) is 0.167. The van der Waals surface area contributed by atoms with Crippen LogP contribution in [0, 0.1) is 11.6 Å². The Labute approximate surface area is 167 Å². The van der Waals surface area contributed by atoms with Crippen molar-refractivity contribution in [1.82, 2.24) is 5.01 Å².